The van der Waals surface area contributed by atoms with Crippen molar-refractivity contribution in [2.24, 2.45) is 5.73 Å². The van der Waals surface area contributed by atoms with Crippen LogP contribution in [-0.2, 0) is 4.79 Å². The Bertz CT molecular complexity index is 484. The Labute approximate surface area is 110 Å². The second-order valence-corrected chi connectivity index (χ2v) is 3.72. The molecular weight excluding hydrogens is 250 g/mol. The van der Waals surface area contributed by atoms with Gasteiger partial charge in [0.15, 0.2) is 6.10 Å². The van der Waals surface area contributed by atoms with Crippen molar-refractivity contribution < 1.29 is 19.1 Å². The Balaban J connectivity index is 2.61. The fraction of sp³-hybridized carbons (Fsp3) is 0.250. The van der Waals surface area contributed by atoms with Gasteiger partial charge in [-0.3, -0.25) is 14.9 Å². The highest BCUT2D eigenvalue weighted by atomic mass is 16.5. The van der Waals surface area contributed by atoms with Gasteiger partial charge in [-0.05, 0) is 31.2 Å². The third-order valence-electron chi connectivity index (χ3n) is 2.28. The summed E-state index contributed by atoms with van der Waals surface area (Å²) >= 11 is 0. The van der Waals surface area contributed by atoms with Crippen LogP contribution >= 0.6 is 0 Å². The molecule has 0 aliphatic heterocycles. The van der Waals surface area contributed by atoms with Gasteiger partial charge >= 0.3 is 6.03 Å². The van der Waals surface area contributed by atoms with Gasteiger partial charge in [0.2, 0.25) is 5.91 Å². The highest BCUT2D eigenvalue weighted by Gasteiger charge is 2.16. The number of hydrogen-bond acceptors (Lipinski definition) is 4. The summed E-state index contributed by atoms with van der Waals surface area (Å²) in [4.78, 5) is 33.3. The summed E-state index contributed by atoms with van der Waals surface area (Å²) in [6.07, 6.45) is -0.850. The number of benzene rings is 1. The molecule has 1 aromatic carbocycles. The first-order chi connectivity index (χ1) is 8.93. The number of rotatable bonds is 4. The SMILES string of the molecule is CNC(=O)NC(=O)[C@@H](C)Oc1ccc(C(N)=O)cc1. The monoisotopic (exact) mass is 265 g/mol. The molecule has 1 atom stereocenters. The Morgan fingerprint density at radius 3 is 2.26 bits per heavy atom. The van der Waals surface area contributed by atoms with Crippen LogP contribution in [0.1, 0.15) is 17.3 Å². The van der Waals surface area contributed by atoms with Crippen LogP contribution in [0.3, 0.4) is 0 Å². The van der Waals surface area contributed by atoms with E-state index in [-0.39, 0.29) is 0 Å². The zero-order valence-corrected chi connectivity index (χ0v) is 10.6. The van der Waals surface area contributed by atoms with E-state index in [1.165, 1.54) is 38.2 Å². The summed E-state index contributed by atoms with van der Waals surface area (Å²) in [6, 6.07) is 5.40. The summed E-state index contributed by atoms with van der Waals surface area (Å²) in [5, 5.41) is 4.35. The lowest BCUT2D eigenvalue weighted by atomic mass is 10.2. The van der Waals surface area contributed by atoms with Crippen LogP contribution in [0, 0.1) is 0 Å². The van der Waals surface area contributed by atoms with Gasteiger partial charge in [0.1, 0.15) is 5.75 Å². The number of hydrogen-bond donors (Lipinski definition) is 3. The maximum atomic E-state index is 11.5. The van der Waals surface area contributed by atoms with Gasteiger partial charge in [0, 0.05) is 12.6 Å². The summed E-state index contributed by atoms with van der Waals surface area (Å²) in [7, 11) is 1.40. The first kappa shape index (κ1) is 14.5. The third kappa shape index (κ3) is 4.30. The Kier molecular flexibility index (Phi) is 4.87. The van der Waals surface area contributed by atoms with Gasteiger partial charge in [-0.2, -0.15) is 0 Å². The van der Waals surface area contributed by atoms with Gasteiger partial charge in [-0.15, -0.1) is 0 Å². The van der Waals surface area contributed by atoms with E-state index in [9.17, 15) is 14.4 Å². The minimum atomic E-state index is -0.850. The molecule has 4 N–H and O–H groups in total. The van der Waals surface area contributed by atoms with Crippen LogP contribution in [0.25, 0.3) is 0 Å². The fourth-order valence-corrected chi connectivity index (χ4v) is 1.23. The largest absolute Gasteiger partial charge is 0.481 e. The number of primary amides is 1. The van der Waals surface area contributed by atoms with Crippen molar-refractivity contribution in [2.75, 3.05) is 7.05 Å². The molecule has 0 unspecified atom stereocenters. The topological polar surface area (TPSA) is 111 Å². The van der Waals surface area contributed by atoms with Crippen molar-refractivity contribution in [1.29, 1.82) is 0 Å². The zero-order valence-electron chi connectivity index (χ0n) is 10.6. The average molecular weight is 265 g/mol. The molecule has 102 valence electrons. The number of nitrogens with two attached hydrogens (primary N) is 1. The number of imide groups is 1. The molecule has 0 saturated carbocycles. The number of amides is 4. The molecule has 0 saturated heterocycles. The van der Waals surface area contributed by atoms with Crippen LogP contribution < -0.4 is 21.1 Å². The molecule has 4 amide bonds. The van der Waals surface area contributed by atoms with Gasteiger partial charge in [-0.1, -0.05) is 0 Å². The first-order valence-electron chi connectivity index (χ1n) is 5.53. The summed E-state index contributed by atoms with van der Waals surface area (Å²) < 4.78 is 5.31. The minimum absolute atomic E-state index is 0.342. The van der Waals surface area contributed by atoms with E-state index in [0.717, 1.165) is 0 Å². The molecule has 0 aromatic heterocycles. The predicted molar refractivity (Wildman–Crippen MR) is 67.6 cm³/mol. The number of ether oxygens (including phenoxy) is 1. The third-order valence-corrected chi connectivity index (χ3v) is 2.28. The normalized spacial score (nSPS) is 11.3. The highest BCUT2D eigenvalue weighted by molar-refractivity contribution is 5.96. The van der Waals surface area contributed by atoms with E-state index in [1.807, 2.05) is 0 Å². The summed E-state index contributed by atoms with van der Waals surface area (Å²) in [5.41, 5.74) is 5.44. The van der Waals surface area contributed by atoms with Crippen molar-refractivity contribution in [3.8, 4) is 5.75 Å². The van der Waals surface area contributed by atoms with Gasteiger partial charge in [0.25, 0.3) is 5.91 Å². The molecule has 0 aliphatic carbocycles. The molecular formula is C12H15N3O4. The molecule has 0 spiro atoms. The van der Waals surface area contributed by atoms with E-state index in [4.69, 9.17) is 10.5 Å². The van der Waals surface area contributed by atoms with Crippen molar-refractivity contribution >= 4 is 17.8 Å². The van der Waals surface area contributed by atoms with Crippen LogP contribution in [0.5, 0.6) is 5.75 Å². The smallest absolute Gasteiger partial charge is 0.321 e. The van der Waals surface area contributed by atoms with E-state index < -0.39 is 23.9 Å². The van der Waals surface area contributed by atoms with Crippen molar-refractivity contribution in [3.63, 3.8) is 0 Å². The van der Waals surface area contributed by atoms with Crippen LogP contribution in [0.4, 0.5) is 4.79 Å². The quantitative estimate of drug-likeness (QED) is 0.712. The molecule has 19 heavy (non-hydrogen) atoms. The van der Waals surface area contributed by atoms with Gasteiger partial charge in [0.05, 0.1) is 0 Å². The summed E-state index contributed by atoms with van der Waals surface area (Å²) in [5.74, 6) is -0.722. The van der Waals surface area contributed by atoms with Crippen molar-refractivity contribution in [3.05, 3.63) is 29.8 Å². The van der Waals surface area contributed by atoms with E-state index in [1.54, 1.807) is 0 Å². The van der Waals surface area contributed by atoms with E-state index in [0.29, 0.717) is 11.3 Å². The molecule has 0 aliphatic rings. The van der Waals surface area contributed by atoms with Crippen LogP contribution in [-0.4, -0.2) is 31.0 Å². The maximum Gasteiger partial charge on any atom is 0.321 e. The first-order valence-corrected chi connectivity index (χ1v) is 5.53. The fourth-order valence-electron chi connectivity index (χ4n) is 1.23. The van der Waals surface area contributed by atoms with Gasteiger partial charge in [-0.25, -0.2) is 4.79 Å². The van der Waals surface area contributed by atoms with Gasteiger partial charge < -0.3 is 15.8 Å². The zero-order chi connectivity index (χ0) is 14.4. The number of urea groups is 1. The standard InChI is InChI=1S/C12H15N3O4/c1-7(11(17)15-12(18)14-2)19-9-5-3-8(4-6-9)10(13)16/h3-7H,1-2H3,(H2,13,16)(H2,14,15,17,18)/t7-/m1/s1. The lowest BCUT2D eigenvalue weighted by Crippen LogP contribution is -2.43. The minimum Gasteiger partial charge on any atom is -0.481 e. The molecule has 0 fully saturated rings. The lowest BCUT2D eigenvalue weighted by molar-refractivity contribution is -0.126. The second kappa shape index (κ2) is 6.39. The van der Waals surface area contributed by atoms with E-state index in [2.05, 4.69) is 10.6 Å². The molecule has 0 radical (unpaired) electrons. The molecule has 1 rings (SSSR count). The molecule has 1 aromatic rings. The number of carbonyl (C=O) groups excluding carboxylic acids is 3. The lowest BCUT2D eigenvalue weighted by Gasteiger charge is -2.14. The van der Waals surface area contributed by atoms with Crippen LogP contribution in [0.15, 0.2) is 24.3 Å². The molecule has 7 nitrogen and oxygen atoms in total. The molecule has 0 heterocycles. The predicted octanol–water partition coefficient (Wildman–Crippen LogP) is 0.00840. The second-order valence-electron chi connectivity index (χ2n) is 3.72. The van der Waals surface area contributed by atoms with Crippen molar-refractivity contribution in [2.45, 2.75) is 13.0 Å². The Morgan fingerprint density at radius 2 is 1.79 bits per heavy atom. The average Bonchev–Trinajstić information content (AvgIpc) is 2.38. The summed E-state index contributed by atoms with van der Waals surface area (Å²) in [6.45, 7) is 1.50. The maximum absolute atomic E-state index is 11.5. The Hall–Kier alpha value is -2.57. The molecule has 7 heteroatoms. The van der Waals surface area contributed by atoms with Crippen LogP contribution in [0.2, 0.25) is 0 Å². The van der Waals surface area contributed by atoms with E-state index >= 15 is 0 Å². The number of nitrogens with one attached hydrogen (secondary N) is 2. The highest BCUT2D eigenvalue weighted by Crippen LogP contribution is 2.13. The number of carbonyl (C=O) groups is 3. The molecule has 0 bridgehead atoms. The Morgan fingerprint density at radius 1 is 1.21 bits per heavy atom. The van der Waals surface area contributed by atoms with Crippen molar-refractivity contribution in [1.82, 2.24) is 10.6 Å².